The van der Waals surface area contributed by atoms with Crippen LogP contribution in [0.15, 0.2) is 28.6 Å². The lowest BCUT2D eigenvalue weighted by Crippen LogP contribution is -2.26. The number of aromatic nitrogens is 1. The maximum Gasteiger partial charge on any atom is 0.318 e. The van der Waals surface area contributed by atoms with Gasteiger partial charge in [0, 0.05) is 6.20 Å². The van der Waals surface area contributed by atoms with Crippen LogP contribution in [0.3, 0.4) is 0 Å². The van der Waals surface area contributed by atoms with Crippen LogP contribution in [0, 0.1) is 12.5 Å². The van der Waals surface area contributed by atoms with Gasteiger partial charge in [-0.1, -0.05) is 6.07 Å². The first kappa shape index (κ1) is 15.4. The summed E-state index contributed by atoms with van der Waals surface area (Å²) < 4.78 is 4.79. The third-order valence-corrected chi connectivity index (χ3v) is 2.36. The van der Waals surface area contributed by atoms with Gasteiger partial charge in [-0.15, -0.1) is 5.11 Å². The molecule has 0 bridgehead atoms. The quantitative estimate of drug-likeness (QED) is 0.345. The second-order valence-electron chi connectivity index (χ2n) is 3.83. The van der Waals surface area contributed by atoms with Gasteiger partial charge >= 0.3 is 5.97 Å². The fourth-order valence-electron chi connectivity index (χ4n) is 1.31. The molecule has 0 aromatic carbocycles. The van der Waals surface area contributed by atoms with Crippen molar-refractivity contribution in [3.8, 4) is 0 Å². The highest BCUT2D eigenvalue weighted by Gasteiger charge is 2.24. The van der Waals surface area contributed by atoms with E-state index in [2.05, 4.69) is 20.1 Å². The molecule has 1 aromatic heterocycles. The molecule has 0 radical (unpaired) electrons. The van der Waals surface area contributed by atoms with Crippen molar-refractivity contribution in [2.24, 2.45) is 16.1 Å². The molecule has 0 spiro atoms. The molecule has 0 aliphatic rings. The van der Waals surface area contributed by atoms with Crippen molar-refractivity contribution in [2.45, 2.75) is 13.8 Å². The van der Waals surface area contributed by atoms with Crippen LogP contribution in [0.25, 0.3) is 4.85 Å². The number of ether oxygens (including phenoxy) is 1. The third kappa shape index (κ3) is 4.57. The number of ketones is 1. The van der Waals surface area contributed by atoms with Gasteiger partial charge in [0.1, 0.15) is 11.7 Å². The van der Waals surface area contributed by atoms with Crippen molar-refractivity contribution in [1.29, 1.82) is 0 Å². The molecule has 0 saturated heterocycles. The topological polar surface area (TPSA) is 85.3 Å². The van der Waals surface area contributed by atoms with E-state index in [0.717, 1.165) is 0 Å². The van der Waals surface area contributed by atoms with Crippen molar-refractivity contribution in [3.63, 3.8) is 0 Å². The summed E-state index contributed by atoms with van der Waals surface area (Å²) in [5, 5.41) is 7.58. The predicted molar refractivity (Wildman–Crippen MR) is 70.7 cm³/mol. The SMILES string of the molecule is [C-]#[N+]c1ccc(N=NCC(C(C)=O)C(=O)OCC)nc1. The van der Waals surface area contributed by atoms with Crippen LogP contribution < -0.4 is 0 Å². The first-order valence-electron chi connectivity index (χ1n) is 5.96. The average Bonchev–Trinajstić information content (AvgIpc) is 2.44. The summed E-state index contributed by atoms with van der Waals surface area (Å²) in [7, 11) is 0. The Balaban J connectivity index is 2.66. The molecule has 0 aliphatic heterocycles. The maximum atomic E-state index is 11.5. The smallest absolute Gasteiger partial charge is 0.318 e. The predicted octanol–water partition coefficient (Wildman–Crippen LogP) is 2.48. The standard InChI is InChI=1S/C13H14N4O3/c1-4-20-13(19)11(9(2)18)8-16-17-12-6-5-10(14-3)7-15-12/h5-7,11H,4,8H2,1-2H3. The second kappa shape index (κ2) is 7.74. The van der Waals surface area contributed by atoms with Crippen LogP contribution in [0.5, 0.6) is 0 Å². The number of hydrogen-bond donors (Lipinski definition) is 0. The molecule has 0 fully saturated rings. The van der Waals surface area contributed by atoms with Crippen molar-refractivity contribution in [1.82, 2.24) is 4.98 Å². The minimum absolute atomic E-state index is 0.0829. The van der Waals surface area contributed by atoms with Crippen LogP contribution >= 0.6 is 0 Å². The summed E-state index contributed by atoms with van der Waals surface area (Å²) >= 11 is 0. The Morgan fingerprint density at radius 3 is 2.75 bits per heavy atom. The summed E-state index contributed by atoms with van der Waals surface area (Å²) in [6.45, 7) is 9.88. The van der Waals surface area contributed by atoms with E-state index in [4.69, 9.17) is 11.3 Å². The monoisotopic (exact) mass is 274 g/mol. The largest absolute Gasteiger partial charge is 0.465 e. The van der Waals surface area contributed by atoms with E-state index in [1.807, 2.05) is 0 Å². The van der Waals surface area contributed by atoms with Gasteiger partial charge in [-0.25, -0.2) is 9.83 Å². The Bertz CT molecular complexity index is 546. The number of hydrogen-bond acceptors (Lipinski definition) is 6. The van der Waals surface area contributed by atoms with E-state index < -0.39 is 11.9 Å². The molecule has 1 rings (SSSR count). The summed E-state index contributed by atoms with van der Waals surface area (Å²) in [6, 6.07) is 3.09. The molecular weight excluding hydrogens is 260 g/mol. The molecule has 104 valence electrons. The van der Waals surface area contributed by atoms with Gasteiger partial charge in [-0.05, 0) is 19.9 Å². The molecule has 1 aromatic rings. The van der Waals surface area contributed by atoms with Gasteiger partial charge in [0.05, 0.1) is 19.7 Å². The van der Waals surface area contributed by atoms with E-state index in [9.17, 15) is 9.59 Å². The van der Waals surface area contributed by atoms with Crippen molar-refractivity contribution in [3.05, 3.63) is 29.7 Å². The lowest BCUT2D eigenvalue weighted by molar-refractivity contribution is -0.150. The maximum absolute atomic E-state index is 11.5. The molecule has 20 heavy (non-hydrogen) atoms. The molecular formula is C13H14N4O3. The lowest BCUT2D eigenvalue weighted by atomic mass is 10.1. The Morgan fingerprint density at radius 2 is 2.25 bits per heavy atom. The second-order valence-corrected chi connectivity index (χ2v) is 3.83. The van der Waals surface area contributed by atoms with Gasteiger partial charge in [0.2, 0.25) is 5.69 Å². The zero-order valence-corrected chi connectivity index (χ0v) is 11.2. The van der Waals surface area contributed by atoms with Gasteiger partial charge < -0.3 is 4.74 Å². The number of carbonyl (C=O) groups excluding carboxylic acids is 2. The number of rotatable bonds is 6. The van der Waals surface area contributed by atoms with E-state index >= 15 is 0 Å². The number of esters is 1. The van der Waals surface area contributed by atoms with Crippen LogP contribution in [0.2, 0.25) is 0 Å². The first-order valence-corrected chi connectivity index (χ1v) is 5.96. The van der Waals surface area contributed by atoms with E-state index in [1.165, 1.54) is 19.2 Å². The molecule has 0 N–H and O–H groups in total. The molecule has 7 nitrogen and oxygen atoms in total. The van der Waals surface area contributed by atoms with Gasteiger partial charge in [-0.3, -0.25) is 9.59 Å². The third-order valence-electron chi connectivity index (χ3n) is 2.36. The Labute approximate surface area is 116 Å². The number of azo groups is 1. The molecule has 1 heterocycles. The fraction of sp³-hybridized carbons (Fsp3) is 0.385. The van der Waals surface area contributed by atoms with Crippen molar-refractivity contribution in [2.75, 3.05) is 13.2 Å². The number of carbonyl (C=O) groups is 2. The molecule has 1 unspecified atom stereocenters. The number of nitrogens with zero attached hydrogens (tertiary/aromatic N) is 4. The van der Waals surface area contributed by atoms with Crippen molar-refractivity contribution >= 4 is 23.3 Å². The highest BCUT2D eigenvalue weighted by molar-refractivity contribution is 5.98. The fourth-order valence-corrected chi connectivity index (χ4v) is 1.31. The molecule has 1 atom stereocenters. The number of pyridine rings is 1. The van der Waals surface area contributed by atoms with Gasteiger partial charge in [0.15, 0.2) is 5.82 Å². The summed E-state index contributed by atoms with van der Waals surface area (Å²) in [5.74, 6) is -1.56. The van der Waals surface area contributed by atoms with Crippen molar-refractivity contribution < 1.29 is 14.3 Å². The molecule has 7 heteroatoms. The highest BCUT2D eigenvalue weighted by atomic mass is 16.5. The molecule has 0 amide bonds. The van der Waals surface area contributed by atoms with E-state index in [-0.39, 0.29) is 18.9 Å². The Kier molecular flexibility index (Phi) is 5.97. The molecule has 0 aliphatic carbocycles. The normalized spacial score (nSPS) is 11.8. The van der Waals surface area contributed by atoms with Gasteiger partial charge in [0.25, 0.3) is 0 Å². The van der Waals surface area contributed by atoms with Crippen LogP contribution in [0.4, 0.5) is 11.5 Å². The zero-order valence-electron chi connectivity index (χ0n) is 11.2. The first-order chi connectivity index (χ1) is 9.58. The Morgan fingerprint density at radius 1 is 1.50 bits per heavy atom. The minimum atomic E-state index is -0.943. The Hall–Kier alpha value is -2.62. The summed E-state index contributed by atoms with van der Waals surface area (Å²) in [5.41, 5.74) is 0.400. The van der Waals surface area contributed by atoms with Crippen LogP contribution in [0.1, 0.15) is 13.8 Å². The van der Waals surface area contributed by atoms with Gasteiger partial charge in [-0.2, -0.15) is 5.11 Å². The van der Waals surface area contributed by atoms with E-state index in [1.54, 1.807) is 13.0 Å². The summed E-state index contributed by atoms with van der Waals surface area (Å²) in [6.07, 6.45) is 1.37. The highest BCUT2D eigenvalue weighted by Crippen LogP contribution is 2.15. The average molecular weight is 274 g/mol. The molecule has 0 saturated carbocycles. The van der Waals surface area contributed by atoms with Crippen LogP contribution in [-0.4, -0.2) is 29.9 Å². The van der Waals surface area contributed by atoms with E-state index in [0.29, 0.717) is 11.5 Å². The minimum Gasteiger partial charge on any atom is -0.465 e. The summed E-state index contributed by atoms with van der Waals surface area (Å²) in [4.78, 5) is 29.9. The number of Topliss-reactive ketones (excluding diaryl/α,β-unsaturated/α-hetero) is 1. The lowest BCUT2D eigenvalue weighted by Gasteiger charge is -2.08. The zero-order chi connectivity index (χ0) is 15.0. The van der Waals surface area contributed by atoms with Crippen LogP contribution in [-0.2, 0) is 14.3 Å².